The van der Waals surface area contributed by atoms with Gasteiger partial charge in [0.1, 0.15) is 5.75 Å². The van der Waals surface area contributed by atoms with E-state index >= 15 is 0 Å². The number of carbonyl (C=O) groups excluding carboxylic acids is 1. The second-order valence-electron chi connectivity index (χ2n) is 7.25. The van der Waals surface area contributed by atoms with E-state index in [0.717, 1.165) is 17.7 Å². The van der Waals surface area contributed by atoms with Crippen molar-refractivity contribution >= 4 is 5.91 Å². The molecule has 26 heavy (non-hydrogen) atoms. The monoisotopic (exact) mass is 351 g/mol. The van der Waals surface area contributed by atoms with Crippen LogP contribution in [0.5, 0.6) is 5.75 Å². The highest BCUT2D eigenvalue weighted by Crippen LogP contribution is 2.25. The van der Waals surface area contributed by atoms with Crippen molar-refractivity contribution < 1.29 is 9.53 Å². The summed E-state index contributed by atoms with van der Waals surface area (Å²) >= 11 is 0. The Morgan fingerprint density at radius 2 is 1.85 bits per heavy atom. The van der Waals surface area contributed by atoms with E-state index < -0.39 is 6.10 Å². The molecule has 1 aliphatic rings. The Hall–Kier alpha value is -2.29. The average Bonchev–Trinajstić information content (AvgIpc) is 2.66. The fourth-order valence-electron chi connectivity index (χ4n) is 3.58. The maximum atomic E-state index is 12.7. The van der Waals surface area contributed by atoms with E-state index in [-0.39, 0.29) is 11.9 Å². The van der Waals surface area contributed by atoms with E-state index in [0.29, 0.717) is 6.42 Å². The normalized spacial score (nSPS) is 15.7. The smallest absolute Gasteiger partial charge is 0.261 e. The predicted molar refractivity (Wildman–Crippen MR) is 106 cm³/mol. The fourth-order valence-corrected chi connectivity index (χ4v) is 3.58. The lowest BCUT2D eigenvalue weighted by molar-refractivity contribution is -0.128. The highest BCUT2D eigenvalue weighted by atomic mass is 16.5. The number of ether oxygens (including phenoxy) is 1. The van der Waals surface area contributed by atoms with Crippen LogP contribution >= 0.6 is 0 Å². The van der Waals surface area contributed by atoms with Crippen molar-refractivity contribution in [3.63, 3.8) is 0 Å². The lowest BCUT2D eigenvalue weighted by atomic mass is 9.89. The summed E-state index contributed by atoms with van der Waals surface area (Å²) in [6.45, 7) is 6.02. The first-order valence-corrected chi connectivity index (χ1v) is 9.73. The van der Waals surface area contributed by atoms with Crippen LogP contribution in [-0.4, -0.2) is 12.0 Å². The Bertz CT molecular complexity index is 769. The molecule has 2 aromatic carbocycles. The maximum absolute atomic E-state index is 12.7. The van der Waals surface area contributed by atoms with Crippen molar-refractivity contribution in [1.82, 2.24) is 5.32 Å². The zero-order chi connectivity index (χ0) is 18.5. The molecule has 138 valence electrons. The van der Waals surface area contributed by atoms with Crippen LogP contribution in [-0.2, 0) is 17.6 Å². The van der Waals surface area contributed by atoms with Crippen LogP contribution < -0.4 is 10.1 Å². The molecule has 1 amide bonds. The molecule has 0 aromatic heterocycles. The molecule has 1 N–H and O–H groups in total. The van der Waals surface area contributed by atoms with E-state index in [9.17, 15) is 4.79 Å². The van der Waals surface area contributed by atoms with Gasteiger partial charge in [0.15, 0.2) is 6.10 Å². The highest BCUT2D eigenvalue weighted by Gasteiger charge is 2.22. The topological polar surface area (TPSA) is 38.3 Å². The maximum Gasteiger partial charge on any atom is 0.261 e. The van der Waals surface area contributed by atoms with Crippen molar-refractivity contribution in [1.29, 1.82) is 0 Å². The van der Waals surface area contributed by atoms with Crippen molar-refractivity contribution in [3.05, 3.63) is 64.7 Å². The zero-order valence-electron chi connectivity index (χ0n) is 16.0. The number of carbonyl (C=O) groups is 1. The lowest BCUT2D eigenvalue weighted by Gasteiger charge is -2.23. The number of hydrogen-bond acceptors (Lipinski definition) is 2. The summed E-state index contributed by atoms with van der Waals surface area (Å²) in [5.74, 6) is 0.719. The van der Waals surface area contributed by atoms with Crippen molar-refractivity contribution in [2.45, 2.75) is 65.0 Å². The molecule has 0 bridgehead atoms. The van der Waals surface area contributed by atoms with Crippen LogP contribution in [0.25, 0.3) is 0 Å². The highest BCUT2D eigenvalue weighted by molar-refractivity contribution is 5.81. The Kier molecular flexibility index (Phi) is 5.97. The number of fused-ring (bicyclic) bond motifs is 1. The number of benzene rings is 2. The molecule has 0 saturated carbocycles. The van der Waals surface area contributed by atoms with Gasteiger partial charge >= 0.3 is 0 Å². The van der Waals surface area contributed by atoms with Gasteiger partial charge in [0, 0.05) is 0 Å². The first-order chi connectivity index (χ1) is 12.6. The van der Waals surface area contributed by atoms with Crippen LogP contribution in [0.3, 0.4) is 0 Å². The predicted octanol–water partition coefficient (Wildman–Crippen LogP) is 4.91. The summed E-state index contributed by atoms with van der Waals surface area (Å²) in [4.78, 5) is 12.7. The Morgan fingerprint density at radius 3 is 2.58 bits per heavy atom. The van der Waals surface area contributed by atoms with Gasteiger partial charge in [-0.25, -0.2) is 0 Å². The summed E-state index contributed by atoms with van der Waals surface area (Å²) < 4.78 is 5.97. The minimum absolute atomic E-state index is 0.0238. The molecule has 1 aliphatic carbocycles. The summed E-state index contributed by atoms with van der Waals surface area (Å²) in [6.07, 6.45) is 5.04. The second kappa shape index (κ2) is 8.39. The minimum atomic E-state index is -0.476. The lowest BCUT2D eigenvalue weighted by Crippen LogP contribution is -2.39. The molecule has 3 heteroatoms. The number of para-hydroxylation sites is 1. The van der Waals surface area contributed by atoms with Crippen LogP contribution in [0.2, 0.25) is 0 Å². The molecular weight excluding hydrogens is 322 g/mol. The number of nitrogens with one attached hydrogen (secondary N) is 1. The van der Waals surface area contributed by atoms with E-state index in [1.54, 1.807) is 0 Å². The molecule has 0 fully saturated rings. The van der Waals surface area contributed by atoms with Crippen molar-refractivity contribution in [2.75, 3.05) is 0 Å². The third kappa shape index (κ3) is 4.27. The SMILES string of the molecule is CC[C@@H](Oc1ccccc1C)C(=O)N[C@@H](C)c1ccc2c(c1)CCCC2. The van der Waals surface area contributed by atoms with Gasteiger partial charge in [0.2, 0.25) is 0 Å². The van der Waals surface area contributed by atoms with Gasteiger partial charge in [-0.15, -0.1) is 0 Å². The number of aryl methyl sites for hydroxylation is 3. The fraction of sp³-hybridized carbons (Fsp3) is 0.435. The number of hydrogen-bond donors (Lipinski definition) is 1. The van der Waals surface area contributed by atoms with Crippen LogP contribution in [0, 0.1) is 6.92 Å². The van der Waals surface area contributed by atoms with E-state index in [4.69, 9.17) is 4.74 Å². The van der Waals surface area contributed by atoms with Crippen LogP contribution in [0.4, 0.5) is 0 Å². The quantitative estimate of drug-likeness (QED) is 0.803. The van der Waals surface area contributed by atoms with Crippen LogP contribution in [0.1, 0.15) is 61.4 Å². The Balaban J connectivity index is 1.66. The summed E-state index contributed by atoms with van der Waals surface area (Å²) in [5.41, 5.74) is 5.12. The number of rotatable bonds is 6. The molecule has 0 radical (unpaired) electrons. The standard InChI is InChI=1S/C23H29NO2/c1-4-21(26-22-12-8-5-9-16(22)2)23(25)24-17(3)19-14-13-18-10-6-7-11-20(18)15-19/h5,8-9,12-15,17,21H,4,6-7,10-11H2,1-3H3,(H,24,25)/t17-,21+/m0/s1. The third-order valence-corrected chi connectivity index (χ3v) is 5.26. The molecule has 0 unspecified atom stereocenters. The minimum Gasteiger partial charge on any atom is -0.480 e. The van der Waals surface area contributed by atoms with Crippen molar-refractivity contribution in [2.24, 2.45) is 0 Å². The van der Waals surface area contributed by atoms with Crippen molar-refractivity contribution in [3.8, 4) is 5.75 Å². The van der Waals surface area contributed by atoms with Gasteiger partial charge in [0.05, 0.1) is 6.04 Å². The molecule has 0 spiro atoms. The first-order valence-electron chi connectivity index (χ1n) is 9.73. The van der Waals surface area contributed by atoms with Gasteiger partial charge in [0.25, 0.3) is 5.91 Å². The third-order valence-electron chi connectivity index (χ3n) is 5.26. The van der Waals surface area contributed by atoms with Gasteiger partial charge in [-0.2, -0.15) is 0 Å². The van der Waals surface area contributed by atoms with Crippen LogP contribution in [0.15, 0.2) is 42.5 Å². The largest absolute Gasteiger partial charge is 0.480 e. The van der Waals surface area contributed by atoms with Gasteiger partial charge < -0.3 is 10.1 Å². The molecule has 2 atom stereocenters. The summed E-state index contributed by atoms with van der Waals surface area (Å²) in [6, 6.07) is 14.4. The van der Waals surface area contributed by atoms with E-state index in [1.165, 1.54) is 36.0 Å². The van der Waals surface area contributed by atoms with Gasteiger partial charge in [-0.05, 0) is 74.3 Å². The first kappa shape index (κ1) is 18.5. The second-order valence-corrected chi connectivity index (χ2v) is 7.25. The molecule has 3 nitrogen and oxygen atoms in total. The molecule has 2 aromatic rings. The summed E-state index contributed by atoms with van der Waals surface area (Å²) in [5, 5.41) is 3.13. The van der Waals surface area contributed by atoms with E-state index in [2.05, 4.69) is 23.5 Å². The van der Waals surface area contributed by atoms with Gasteiger partial charge in [-0.3, -0.25) is 4.79 Å². The average molecular weight is 351 g/mol. The summed E-state index contributed by atoms with van der Waals surface area (Å²) in [7, 11) is 0. The number of amides is 1. The molecule has 3 rings (SSSR count). The zero-order valence-corrected chi connectivity index (χ0v) is 16.0. The Morgan fingerprint density at radius 1 is 1.12 bits per heavy atom. The molecule has 0 aliphatic heterocycles. The molecular formula is C23H29NO2. The van der Waals surface area contributed by atoms with E-state index in [1.807, 2.05) is 45.0 Å². The molecule has 0 saturated heterocycles. The Labute approximate surface area is 156 Å². The molecule has 0 heterocycles. The van der Waals surface area contributed by atoms with Gasteiger partial charge in [-0.1, -0.05) is 43.3 Å².